The quantitative estimate of drug-likeness (QED) is 0.852. The summed E-state index contributed by atoms with van der Waals surface area (Å²) in [6.45, 7) is 8.58. The number of hydrogen-bond acceptors (Lipinski definition) is 3. The normalized spacial score (nSPS) is 13.1. The summed E-state index contributed by atoms with van der Waals surface area (Å²) >= 11 is 0. The molecule has 2 aromatic rings. The molecule has 0 saturated carbocycles. The fourth-order valence-electron chi connectivity index (χ4n) is 2.24. The Balaban J connectivity index is 2.38. The van der Waals surface area contributed by atoms with Crippen molar-refractivity contribution in [2.75, 3.05) is 6.54 Å². The van der Waals surface area contributed by atoms with Crippen molar-refractivity contribution in [1.82, 2.24) is 19.9 Å². The van der Waals surface area contributed by atoms with Crippen molar-refractivity contribution in [3.05, 3.63) is 24.3 Å². The maximum absolute atomic E-state index is 4.72. The topological polar surface area (TPSA) is 42.7 Å². The van der Waals surface area contributed by atoms with E-state index in [0.717, 1.165) is 37.3 Å². The van der Waals surface area contributed by atoms with E-state index in [0.29, 0.717) is 0 Å². The van der Waals surface area contributed by atoms with Crippen molar-refractivity contribution in [1.29, 1.82) is 0 Å². The van der Waals surface area contributed by atoms with E-state index in [2.05, 4.69) is 35.6 Å². The number of nitrogens with zero attached hydrogens (tertiary/aromatic N) is 3. The molecule has 1 unspecified atom stereocenters. The molecule has 0 bridgehead atoms. The van der Waals surface area contributed by atoms with Crippen molar-refractivity contribution in [2.45, 2.75) is 46.2 Å². The predicted octanol–water partition coefficient (Wildman–Crippen LogP) is 2.90. The number of hydrogen-bond donors (Lipinski definition) is 1. The summed E-state index contributed by atoms with van der Waals surface area (Å²) in [5, 5.41) is 3.50. The molecule has 1 N–H and O–H groups in total. The highest BCUT2D eigenvalue weighted by Gasteiger charge is 2.15. The molecule has 0 saturated heterocycles. The number of imidazole rings is 1. The van der Waals surface area contributed by atoms with Crippen molar-refractivity contribution >= 4 is 11.0 Å². The molecule has 2 rings (SSSR count). The van der Waals surface area contributed by atoms with Crippen LogP contribution in [0.4, 0.5) is 0 Å². The van der Waals surface area contributed by atoms with Crippen LogP contribution in [0.2, 0.25) is 0 Å². The van der Waals surface area contributed by atoms with Gasteiger partial charge in [0.2, 0.25) is 0 Å². The van der Waals surface area contributed by atoms with Crippen LogP contribution >= 0.6 is 0 Å². The first-order valence-corrected chi connectivity index (χ1v) is 6.81. The Morgan fingerprint density at radius 2 is 2.17 bits per heavy atom. The van der Waals surface area contributed by atoms with Gasteiger partial charge in [0.25, 0.3) is 0 Å². The van der Waals surface area contributed by atoms with E-state index >= 15 is 0 Å². The molecule has 18 heavy (non-hydrogen) atoms. The first kappa shape index (κ1) is 13.0. The SMILES string of the molecule is CCCNC(C)c1nc2cnccc2n1CCC. The molecule has 0 spiro atoms. The Hall–Kier alpha value is -1.42. The number of nitrogens with one attached hydrogen (secondary N) is 1. The van der Waals surface area contributed by atoms with Gasteiger partial charge >= 0.3 is 0 Å². The lowest BCUT2D eigenvalue weighted by molar-refractivity contribution is 0.513. The summed E-state index contributed by atoms with van der Waals surface area (Å²) in [5.74, 6) is 1.12. The second kappa shape index (κ2) is 5.96. The molecular formula is C14H22N4. The number of rotatable bonds is 6. The molecule has 0 fully saturated rings. The van der Waals surface area contributed by atoms with Crippen molar-refractivity contribution in [3.8, 4) is 0 Å². The van der Waals surface area contributed by atoms with Gasteiger partial charge in [0, 0.05) is 12.7 Å². The van der Waals surface area contributed by atoms with E-state index in [1.807, 2.05) is 18.5 Å². The lowest BCUT2D eigenvalue weighted by atomic mass is 10.3. The molecule has 4 heteroatoms. The van der Waals surface area contributed by atoms with E-state index in [1.54, 1.807) is 0 Å². The first-order chi connectivity index (χ1) is 8.77. The highest BCUT2D eigenvalue weighted by atomic mass is 15.1. The van der Waals surface area contributed by atoms with Gasteiger partial charge in [-0.2, -0.15) is 0 Å². The summed E-state index contributed by atoms with van der Waals surface area (Å²) in [4.78, 5) is 8.87. The predicted molar refractivity (Wildman–Crippen MR) is 74.5 cm³/mol. The summed E-state index contributed by atoms with van der Waals surface area (Å²) in [7, 11) is 0. The van der Waals surface area contributed by atoms with E-state index in [4.69, 9.17) is 4.98 Å². The van der Waals surface area contributed by atoms with Gasteiger partial charge in [-0.05, 0) is 32.4 Å². The lowest BCUT2D eigenvalue weighted by Gasteiger charge is -2.15. The molecule has 0 radical (unpaired) electrons. The zero-order valence-corrected chi connectivity index (χ0v) is 11.5. The van der Waals surface area contributed by atoms with Gasteiger partial charge in [0.05, 0.1) is 17.8 Å². The maximum atomic E-state index is 4.72. The first-order valence-electron chi connectivity index (χ1n) is 6.81. The molecule has 1 atom stereocenters. The summed E-state index contributed by atoms with van der Waals surface area (Å²) < 4.78 is 2.31. The van der Waals surface area contributed by atoms with Gasteiger partial charge in [-0.15, -0.1) is 0 Å². The molecule has 0 amide bonds. The summed E-state index contributed by atoms with van der Waals surface area (Å²) in [5.41, 5.74) is 2.18. The average Bonchev–Trinajstić information content (AvgIpc) is 2.76. The minimum absolute atomic E-state index is 0.281. The molecule has 98 valence electrons. The second-order valence-electron chi connectivity index (χ2n) is 4.66. The fraction of sp³-hybridized carbons (Fsp3) is 0.571. The van der Waals surface area contributed by atoms with Gasteiger partial charge in [0.1, 0.15) is 11.3 Å². The Kier molecular flexibility index (Phi) is 4.31. The Labute approximate surface area is 108 Å². The minimum Gasteiger partial charge on any atom is -0.327 e. The highest BCUT2D eigenvalue weighted by molar-refractivity contribution is 5.74. The lowest BCUT2D eigenvalue weighted by Crippen LogP contribution is -2.22. The standard InChI is InChI=1S/C14H22N4/c1-4-7-16-11(3)14-17-12-10-15-8-6-13(12)18(14)9-5-2/h6,8,10-11,16H,4-5,7,9H2,1-3H3. The Bertz CT molecular complexity index is 503. The summed E-state index contributed by atoms with van der Waals surface area (Å²) in [6.07, 6.45) is 5.93. The van der Waals surface area contributed by atoms with E-state index < -0.39 is 0 Å². The maximum Gasteiger partial charge on any atom is 0.126 e. The number of aromatic nitrogens is 3. The third-order valence-electron chi connectivity index (χ3n) is 3.12. The number of aryl methyl sites for hydroxylation is 1. The van der Waals surface area contributed by atoms with Gasteiger partial charge in [-0.25, -0.2) is 4.98 Å². The zero-order valence-electron chi connectivity index (χ0n) is 11.5. The molecule has 0 aliphatic carbocycles. The molecular weight excluding hydrogens is 224 g/mol. The van der Waals surface area contributed by atoms with Crippen molar-refractivity contribution in [3.63, 3.8) is 0 Å². The van der Waals surface area contributed by atoms with Crippen LogP contribution in [0.5, 0.6) is 0 Å². The van der Waals surface area contributed by atoms with Crippen LogP contribution in [-0.2, 0) is 6.54 Å². The van der Waals surface area contributed by atoms with Crippen LogP contribution in [-0.4, -0.2) is 21.1 Å². The van der Waals surface area contributed by atoms with Crippen LogP contribution in [0.3, 0.4) is 0 Å². The van der Waals surface area contributed by atoms with Gasteiger partial charge in [0.15, 0.2) is 0 Å². The number of pyridine rings is 1. The third-order valence-corrected chi connectivity index (χ3v) is 3.12. The van der Waals surface area contributed by atoms with Crippen molar-refractivity contribution < 1.29 is 0 Å². The smallest absolute Gasteiger partial charge is 0.126 e. The largest absolute Gasteiger partial charge is 0.327 e. The second-order valence-corrected chi connectivity index (χ2v) is 4.66. The van der Waals surface area contributed by atoms with Crippen LogP contribution in [0.15, 0.2) is 18.5 Å². The molecule has 0 aromatic carbocycles. The van der Waals surface area contributed by atoms with Crippen molar-refractivity contribution in [2.24, 2.45) is 0 Å². The van der Waals surface area contributed by atoms with Crippen LogP contribution < -0.4 is 5.32 Å². The van der Waals surface area contributed by atoms with Crippen LogP contribution in [0.1, 0.15) is 45.5 Å². The molecule has 0 aliphatic rings. The Morgan fingerprint density at radius 1 is 1.33 bits per heavy atom. The van der Waals surface area contributed by atoms with E-state index in [-0.39, 0.29) is 6.04 Å². The van der Waals surface area contributed by atoms with E-state index in [1.165, 1.54) is 5.52 Å². The van der Waals surface area contributed by atoms with Crippen LogP contribution in [0, 0.1) is 0 Å². The molecule has 0 aliphatic heterocycles. The minimum atomic E-state index is 0.281. The molecule has 4 nitrogen and oxygen atoms in total. The Morgan fingerprint density at radius 3 is 2.89 bits per heavy atom. The summed E-state index contributed by atoms with van der Waals surface area (Å²) in [6, 6.07) is 2.33. The van der Waals surface area contributed by atoms with Gasteiger partial charge < -0.3 is 9.88 Å². The molecule has 2 heterocycles. The zero-order chi connectivity index (χ0) is 13.0. The van der Waals surface area contributed by atoms with Gasteiger partial charge in [-0.3, -0.25) is 4.98 Å². The van der Waals surface area contributed by atoms with Crippen LogP contribution in [0.25, 0.3) is 11.0 Å². The highest BCUT2D eigenvalue weighted by Crippen LogP contribution is 2.20. The third kappa shape index (κ3) is 2.53. The number of fused-ring (bicyclic) bond motifs is 1. The molecule has 2 aromatic heterocycles. The van der Waals surface area contributed by atoms with E-state index in [9.17, 15) is 0 Å². The monoisotopic (exact) mass is 246 g/mol. The van der Waals surface area contributed by atoms with Gasteiger partial charge in [-0.1, -0.05) is 13.8 Å². The fourth-order valence-corrected chi connectivity index (χ4v) is 2.24. The average molecular weight is 246 g/mol.